The second-order valence-electron chi connectivity index (χ2n) is 7.01. The van der Waals surface area contributed by atoms with Crippen LogP contribution in [0.1, 0.15) is 46.0 Å². The SMILES string of the molecule is CCOC(=O)C(OCC1C=CC(OC)=CC1)[C@H](CC1CCC1)NC(C)=O. The summed E-state index contributed by atoms with van der Waals surface area (Å²) in [5.41, 5.74) is 0. The maximum absolute atomic E-state index is 12.5. The number of amides is 1. The molecule has 3 atom stereocenters. The van der Waals surface area contributed by atoms with Gasteiger partial charge in [-0.3, -0.25) is 4.79 Å². The summed E-state index contributed by atoms with van der Waals surface area (Å²) in [7, 11) is 1.64. The van der Waals surface area contributed by atoms with Gasteiger partial charge in [0.05, 0.1) is 26.4 Å². The number of esters is 1. The van der Waals surface area contributed by atoms with Crippen molar-refractivity contribution in [1.82, 2.24) is 5.32 Å². The Labute approximate surface area is 155 Å². The third kappa shape index (κ3) is 6.16. The minimum absolute atomic E-state index is 0.155. The minimum atomic E-state index is -0.777. The second kappa shape index (κ2) is 10.4. The Balaban J connectivity index is 2.00. The van der Waals surface area contributed by atoms with Crippen molar-refractivity contribution in [2.45, 2.75) is 58.1 Å². The highest BCUT2D eigenvalue weighted by Crippen LogP contribution is 2.32. The monoisotopic (exact) mass is 365 g/mol. The van der Waals surface area contributed by atoms with Gasteiger partial charge in [0.15, 0.2) is 6.10 Å². The molecule has 0 bridgehead atoms. The number of ether oxygens (including phenoxy) is 3. The van der Waals surface area contributed by atoms with Crippen LogP contribution in [0.2, 0.25) is 0 Å². The summed E-state index contributed by atoms with van der Waals surface area (Å²) in [5, 5.41) is 2.91. The quantitative estimate of drug-likeness (QED) is 0.603. The van der Waals surface area contributed by atoms with E-state index in [-0.39, 0.29) is 24.5 Å². The lowest BCUT2D eigenvalue weighted by Crippen LogP contribution is -2.50. The molecule has 0 aromatic heterocycles. The highest BCUT2D eigenvalue weighted by Gasteiger charge is 2.35. The molecule has 6 nitrogen and oxygen atoms in total. The third-order valence-electron chi connectivity index (χ3n) is 4.97. The van der Waals surface area contributed by atoms with Gasteiger partial charge in [-0.05, 0) is 37.8 Å². The zero-order chi connectivity index (χ0) is 18.9. The van der Waals surface area contributed by atoms with Gasteiger partial charge in [-0.25, -0.2) is 4.79 Å². The van der Waals surface area contributed by atoms with Gasteiger partial charge in [0, 0.05) is 12.8 Å². The van der Waals surface area contributed by atoms with E-state index in [0.717, 1.165) is 31.4 Å². The first-order valence-corrected chi connectivity index (χ1v) is 9.51. The van der Waals surface area contributed by atoms with Gasteiger partial charge < -0.3 is 19.5 Å². The molecule has 0 radical (unpaired) electrons. The number of methoxy groups -OCH3 is 1. The molecule has 1 N–H and O–H groups in total. The molecule has 2 unspecified atom stereocenters. The Morgan fingerprint density at radius 1 is 1.35 bits per heavy atom. The standard InChI is InChI=1S/C20H31NO5/c1-4-25-20(23)19(18(21-14(2)22)12-15-6-5-7-15)26-13-16-8-10-17(24-3)11-9-16/h8,10-11,15-16,18-19H,4-7,9,12-13H2,1-3H3,(H,21,22)/t16?,18-,19?/m0/s1. The summed E-state index contributed by atoms with van der Waals surface area (Å²) in [6.45, 7) is 3.93. The van der Waals surface area contributed by atoms with Crippen LogP contribution >= 0.6 is 0 Å². The van der Waals surface area contributed by atoms with E-state index in [9.17, 15) is 9.59 Å². The summed E-state index contributed by atoms with van der Waals surface area (Å²) in [5.74, 6) is 0.988. The van der Waals surface area contributed by atoms with Crippen LogP contribution in [0.5, 0.6) is 0 Å². The fourth-order valence-corrected chi connectivity index (χ4v) is 3.33. The molecule has 1 fully saturated rings. The summed E-state index contributed by atoms with van der Waals surface area (Å²) in [4.78, 5) is 24.1. The van der Waals surface area contributed by atoms with E-state index in [1.165, 1.54) is 13.3 Å². The van der Waals surface area contributed by atoms with Gasteiger partial charge in [-0.15, -0.1) is 0 Å². The van der Waals surface area contributed by atoms with E-state index in [0.29, 0.717) is 12.5 Å². The zero-order valence-electron chi connectivity index (χ0n) is 16.0. The first kappa shape index (κ1) is 20.5. The van der Waals surface area contributed by atoms with Gasteiger partial charge in [-0.1, -0.05) is 25.3 Å². The van der Waals surface area contributed by atoms with Crippen LogP contribution in [-0.4, -0.2) is 44.3 Å². The van der Waals surface area contributed by atoms with E-state index < -0.39 is 12.1 Å². The fraction of sp³-hybridized carbons (Fsp3) is 0.700. The normalized spacial score (nSPS) is 22.0. The predicted octanol–water partition coefficient (Wildman–Crippen LogP) is 2.74. The number of allylic oxidation sites excluding steroid dienone is 2. The summed E-state index contributed by atoms with van der Waals surface area (Å²) >= 11 is 0. The lowest BCUT2D eigenvalue weighted by Gasteiger charge is -2.33. The minimum Gasteiger partial charge on any atom is -0.497 e. The molecule has 1 saturated carbocycles. The number of hydrogen-bond donors (Lipinski definition) is 1. The van der Waals surface area contributed by atoms with E-state index in [2.05, 4.69) is 5.32 Å². The molecule has 6 heteroatoms. The van der Waals surface area contributed by atoms with Crippen molar-refractivity contribution in [3.05, 3.63) is 24.0 Å². The van der Waals surface area contributed by atoms with Crippen LogP contribution in [0, 0.1) is 11.8 Å². The van der Waals surface area contributed by atoms with E-state index in [4.69, 9.17) is 14.2 Å². The molecule has 0 aliphatic heterocycles. The lowest BCUT2D eigenvalue weighted by molar-refractivity contribution is -0.160. The average molecular weight is 365 g/mol. The van der Waals surface area contributed by atoms with Crippen molar-refractivity contribution in [2.24, 2.45) is 11.8 Å². The van der Waals surface area contributed by atoms with E-state index >= 15 is 0 Å². The van der Waals surface area contributed by atoms with Crippen molar-refractivity contribution in [1.29, 1.82) is 0 Å². The summed E-state index contributed by atoms with van der Waals surface area (Å²) < 4.78 is 16.4. The van der Waals surface area contributed by atoms with Gasteiger partial charge in [0.2, 0.25) is 5.91 Å². The van der Waals surface area contributed by atoms with Gasteiger partial charge in [0.25, 0.3) is 0 Å². The molecule has 2 rings (SSSR count). The number of carbonyl (C=O) groups is 2. The molecule has 0 aromatic carbocycles. The highest BCUT2D eigenvalue weighted by molar-refractivity contribution is 5.78. The average Bonchev–Trinajstić information content (AvgIpc) is 2.58. The van der Waals surface area contributed by atoms with Crippen molar-refractivity contribution in [3.8, 4) is 0 Å². The first-order chi connectivity index (χ1) is 12.5. The molecule has 2 aliphatic carbocycles. The largest absolute Gasteiger partial charge is 0.497 e. The van der Waals surface area contributed by atoms with Crippen LogP contribution in [-0.2, 0) is 23.8 Å². The molecular formula is C20H31NO5. The van der Waals surface area contributed by atoms with Crippen LogP contribution in [0.3, 0.4) is 0 Å². The number of hydrogen-bond acceptors (Lipinski definition) is 5. The Morgan fingerprint density at radius 3 is 2.62 bits per heavy atom. The smallest absolute Gasteiger partial charge is 0.337 e. The zero-order valence-corrected chi connectivity index (χ0v) is 16.0. The molecule has 1 amide bonds. The molecule has 0 aromatic rings. The Morgan fingerprint density at radius 2 is 2.12 bits per heavy atom. The van der Waals surface area contributed by atoms with Crippen LogP contribution in [0.15, 0.2) is 24.0 Å². The van der Waals surface area contributed by atoms with Gasteiger partial charge in [0.1, 0.15) is 5.76 Å². The fourth-order valence-electron chi connectivity index (χ4n) is 3.33. The van der Waals surface area contributed by atoms with E-state index in [1.54, 1.807) is 14.0 Å². The van der Waals surface area contributed by atoms with E-state index in [1.807, 2.05) is 18.2 Å². The molecule has 2 aliphatic rings. The molecule has 0 saturated heterocycles. The Bertz CT molecular complexity index is 538. The van der Waals surface area contributed by atoms with Crippen molar-refractivity contribution in [2.75, 3.05) is 20.3 Å². The van der Waals surface area contributed by atoms with Gasteiger partial charge >= 0.3 is 5.97 Å². The Hall–Kier alpha value is -1.82. The topological polar surface area (TPSA) is 73.9 Å². The molecule has 146 valence electrons. The van der Waals surface area contributed by atoms with Crippen molar-refractivity contribution < 1.29 is 23.8 Å². The maximum atomic E-state index is 12.5. The van der Waals surface area contributed by atoms with Crippen molar-refractivity contribution in [3.63, 3.8) is 0 Å². The predicted molar refractivity (Wildman–Crippen MR) is 98.3 cm³/mol. The van der Waals surface area contributed by atoms with Crippen molar-refractivity contribution >= 4 is 11.9 Å². The summed E-state index contributed by atoms with van der Waals surface area (Å²) in [6, 6.07) is -0.352. The van der Waals surface area contributed by atoms with Crippen LogP contribution in [0.4, 0.5) is 0 Å². The molecule has 0 heterocycles. The third-order valence-corrected chi connectivity index (χ3v) is 4.97. The maximum Gasteiger partial charge on any atom is 0.337 e. The highest BCUT2D eigenvalue weighted by atomic mass is 16.6. The number of rotatable bonds is 10. The Kier molecular flexibility index (Phi) is 8.16. The number of nitrogens with one attached hydrogen (secondary N) is 1. The van der Waals surface area contributed by atoms with Crippen LogP contribution in [0.25, 0.3) is 0 Å². The first-order valence-electron chi connectivity index (χ1n) is 9.51. The second-order valence-corrected chi connectivity index (χ2v) is 7.01. The number of carbonyl (C=O) groups excluding carboxylic acids is 2. The summed E-state index contributed by atoms with van der Waals surface area (Å²) in [6.07, 6.45) is 10.2. The molecule has 26 heavy (non-hydrogen) atoms. The van der Waals surface area contributed by atoms with Crippen LogP contribution < -0.4 is 5.32 Å². The molecular weight excluding hydrogens is 334 g/mol. The lowest BCUT2D eigenvalue weighted by atomic mass is 9.80. The van der Waals surface area contributed by atoms with Gasteiger partial charge in [-0.2, -0.15) is 0 Å². The molecule has 0 spiro atoms.